The van der Waals surface area contributed by atoms with Gasteiger partial charge in [0, 0.05) is 24.8 Å². The van der Waals surface area contributed by atoms with Crippen LogP contribution in [0.4, 0.5) is 9.59 Å². The maximum Gasteiger partial charge on any atom is 0.407 e. The molecular formula is C31H39N5O6. The Balaban J connectivity index is 1.85. The summed E-state index contributed by atoms with van der Waals surface area (Å²) in [5.41, 5.74) is 5.54. The van der Waals surface area contributed by atoms with Crippen molar-refractivity contribution in [2.45, 2.75) is 51.9 Å². The number of hydrogen-bond acceptors (Lipinski definition) is 7. The third-order valence-electron chi connectivity index (χ3n) is 6.61. The molecule has 0 bridgehead atoms. The molecular weight excluding hydrogens is 538 g/mol. The van der Waals surface area contributed by atoms with Crippen LogP contribution in [0, 0.1) is 5.41 Å². The third kappa shape index (κ3) is 9.86. The smallest absolute Gasteiger partial charge is 0.407 e. The Kier molecular flexibility index (Phi) is 11.4. The van der Waals surface area contributed by atoms with Gasteiger partial charge in [-0.3, -0.25) is 15.2 Å². The summed E-state index contributed by atoms with van der Waals surface area (Å²) in [4.78, 5) is 41.4. The minimum atomic E-state index is -1.27. The van der Waals surface area contributed by atoms with Crippen LogP contribution in [0.1, 0.15) is 31.9 Å². The number of rotatable bonds is 12. The number of nitrogens with one attached hydrogen (secondary N) is 3. The van der Waals surface area contributed by atoms with Gasteiger partial charge in [-0.25, -0.2) is 14.6 Å². The summed E-state index contributed by atoms with van der Waals surface area (Å²) in [6.45, 7) is 5.48. The van der Waals surface area contributed by atoms with Crippen molar-refractivity contribution in [3.8, 4) is 11.3 Å². The maximum absolute atomic E-state index is 13.5. The van der Waals surface area contributed by atoms with E-state index >= 15 is 0 Å². The molecule has 0 saturated carbocycles. The highest BCUT2D eigenvalue weighted by Gasteiger charge is 2.35. The summed E-state index contributed by atoms with van der Waals surface area (Å²) in [7, 11) is 1.21. The molecule has 11 nitrogen and oxygen atoms in total. The fraction of sp³-hybridized carbons (Fsp3) is 0.355. The minimum Gasteiger partial charge on any atom is -0.465 e. The maximum atomic E-state index is 13.5. The molecule has 0 spiro atoms. The molecule has 224 valence electrons. The van der Waals surface area contributed by atoms with Crippen LogP contribution < -0.4 is 16.1 Å². The molecule has 11 heteroatoms. The zero-order chi connectivity index (χ0) is 30.7. The summed E-state index contributed by atoms with van der Waals surface area (Å²) in [5.74, 6) is -0.518. The monoisotopic (exact) mass is 577 g/mol. The summed E-state index contributed by atoms with van der Waals surface area (Å²) >= 11 is 0. The second-order valence-electron chi connectivity index (χ2n) is 11.0. The summed E-state index contributed by atoms with van der Waals surface area (Å²) < 4.78 is 4.71. The van der Waals surface area contributed by atoms with Gasteiger partial charge >= 0.3 is 12.2 Å². The predicted octanol–water partition coefficient (Wildman–Crippen LogP) is 3.59. The topological polar surface area (TPSA) is 153 Å². The van der Waals surface area contributed by atoms with E-state index in [-0.39, 0.29) is 19.5 Å². The first-order valence-corrected chi connectivity index (χ1v) is 13.6. The van der Waals surface area contributed by atoms with E-state index in [0.29, 0.717) is 0 Å². The molecule has 0 aliphatic carbocycles. The normalized spacial score (nSPS) is 13.5. The number of aliphatic hydroxyl groups excluding tert-OH is 1. The molecule has 0 fully saturated rings. The van der Waals surface area contributed by atoms with Crippen LogP contribution in [-0.2, 0) is 22.5 Å². The number of amides is 3. The number of pyridine rings is 1. The number of benzene rings is 2. The van der Waals surface area contributed by atoms with Crippen molar-refractivity contribution >= 4 is 18.1 Å². The second kappa shape index (κ2) is 14.9. The number of hydrazine groups is 1. The quantitative estimate of drug-likeness (QED) is 0.205. The van der Waals surface area contributed by atoms with Crippen molar-refractivity contribution in [3.63, 3.8) is 0 Å². The van der Waals surface area contributed by atoms with Crippen LogP contribution in [0.15, 0.2) is 79.0 Å². The van der Waals surface area contributed by atoms with E-state index in [4.69, 9.17) is 4.74 Å². The zero-order valence-corrected chi connectivity index (χ0v) is 24.3. The number of carbonyl (C=O) groups is 3. The zero-order valence-electron chi connectivity index (χ0n) is 24.3. The highest BCUT2D eigenvalue weighted by molar-refractivity contribution is 5.86. The number of hydrogen-bond donors (Lipinski definition) is 5. The Labute approximate surface area is 245 Å². The highest BCUT2D eigenvalue weighted by atomic mass is 16.5. The first kappa shape index (κ1) is 32.0. The average molecular weight is 578 g/mol. The molecule has 3 rings (SSSR count). The van der Waals surface area contributed by atoms with E-state index in [9.17, 15) is 24.6 Å². The number of aromatic nitrogens is 1. The predicted molar refractivity (Wildman–Crippen MR) is 158 cm³/mol. The highest BCUT2D eigenvalue weighted by Crippen LogP contribution is 2.21. The fourth-order valence-corrected chi connectivity index (χ4v) is 4.42. The van der Waals surface area contributed by atoms with Gasteiger partial charge in [-0.1, -0.05) is 81.4 Å². The number of nitrogens with zero attached hydrogens (tertiary/aromatic N) is 2. The van der Waals surface area contributed by atoms with Crippen molar-refractivity contribution in [1.29, 1.82) is 0 Å². The first-order valence-electron chi connectivity index (χ1n) is 13.6. The fourth-order valence-electron chi connectivity index (χ4n) is 4.42. The van der Waals surface area contributed by atoms with Gasteiger partial charge in [-0.15, -0.1) is 0 Å². The van der Waals surface area contributed by atoms with E-state index < -0.39 is 41.7 Å². The molecule has 0 saturated heterocycles. The van der Waals surface area contributed by atoms with Crippen molar-refractivity contribution in [1.82, 2.24) is 26.1 Å². The Morgan fingerprint density at radius 2 is 1.60 bits per heavy atom. The van der Waals surface area contributed by atoms with Crippen LogP contribution in [-0.4, -0.2) is 70.1 Å². The van der Waals surface area contributed by atoms with E-state index in [0.717, 1.165) is 22.4 Å². The van der Waals surface area contributed by atoms with Gasteiger partial charge in [0.05, 0.1) is 24.9 Å². The Morgan fingerprint density at radius 3 is 2.17 bits per heavy atom. The van der Waals surface area contributed by atoms with Gasteiger partial charge in [-0.05, 0) is 35.1 Å². The molecule has 3 atom stereocenters. The molecule has 1 heterocycles. The molecule has 2 aromatic carbocycles. The lowest BCUT2D eigenvalue weighted by Gasteiger charge is -2.34. The Morgan fingerprint density at radius 1 is 0.929 bits per heavy atom. The van der Waals surface area contributed by atoms with Crippen LogP contribution in [0.25, 0.3) is 11.3 Å². The van der Waals surface area contributed by atoms with Gasteiger partial charge in [-0.2, -0.15) is 0 Å². The van der Waals surface area contributed by atoms with Crippen LogP contribution in [0.2, 0.25) is 0 Å². The number of methoxy groups -OCH3 is 1. The molecule has 1 aromatic heterocycles. The molecule has 0 unspecified atom stereocenters. The molecule has 3 aromatic rings. The van der Waals surface area contributed by atoms with Crippen LogP contribution in [0.5, 0.6) is 0 Å². The van der Waals surface area contributed by atoms with E-state index in [1.165, 1.54) is 12.1 Å². The average Bonchev–Trinajstić information content (AvgIpc) is 2.95. The van der Waals surface area contributed by atoms with Crippen LogP contribution in [0.3, 0.4) is 0 Å². The third-order valence-corrected chi connectivity index (χ3v) is 6.61. The molecule has 0 aliphatic heterocycles. The number of alkyl carbamates (subject to hydrolysis) is 1. The minimum absolute atomic E-state index is 0.111. The lowest BCUT2D eigenvalue weighted by atomic mass is 9.86. The van der Waals surface area contributed by atoms with Crippen molar-refractivity contribution in [3.05, 3.63) is 90.1 Å². The lowest BCUT2D eigenvalue weighted by molar-refractivity contribution is -0.131. The number of carboxylic acid groups (broad SMARTS) is 1. The standard InChI is InChI=1S/C31H39N5O6/c1-31(2,3)27(34-30(41)42-4)28(38)35-36(19-22-13-15-23(16-14-22)24-12-8-9-17-32-24)20-26(37)25(33-29(39)40)18-21-10-6-5-7-11-21/h5-17,25-27,33,37H,18-20H2,1-4H3,(H,34,41)(H,35,38)(H,39,40)/t25-,26+,27+/m0/s1. The lowest BCUT2D eigenvalue weighted by Crippen LogP contribution is -2.59. The van der Waals surface area contributed by atoms with Gasteiger partial charge in [0.25, 0.3) is 5.91 Å². The molecule has 42 heavy (non-hydrogen) atoms. The molecule has 3 amide bonds. The molecule has 0 radical (unpaired) electrons. The van der Waals surface area contributed by atoms with E-state index in [1.807, 2.05) is 72.8 Å². The largest absolute Gasteiger partial charge is 0.465 e. The summed E-state index contributed by atoms with van der Waals surface area (Å²) in [6, 6.07) is 20.6. The van der Waals surface area contributed by atoms with E-state index in [2.05, 4.69) is 21.0 Å². The second-order valence-corrected chi connectivity index (χ2v) is 11.0. The molecule has 5 N–H and O–H groups in total. The Hall–Kier alpha value is -4.48. The van der Waals surface area contributed by atoms with Crippen molar-refractivity contribution in [2.24, 2.45) is 5.41 Å². The van der Waals surface area contributed by atoms with Gasteiger partial charge in [0.1, 0.15) is 6.04 Å². The molecule has 0 aliphatic rings. The number of ether oxygens (including phenoxy) is 1. The van der Waals surface area contributed by atoms with Gasteiger partial charge < -0.3 is 25.6 Å². The number of carbonyl (C=O) groups excluding carboxylic acids is 2. The Bertz CT molecular complexity index is 1300. The summed E-state index contributed by atoms with van der Waals surface area (Å²) in [5, 5.41) is 27.2. The van der Waals surface area contributed by atoms with Crippen LogP contribution >= 0.6 is 0 Å². The SMILES string of the molecule is COC(=O)N[C@H](C(=O)NN(Cc1ccc(-c2ccccn2)cc1)C[C@@H](O)[C@H](Cc1ccccc1)NC(=O)O)C(C)(C)C. The van der Waals surface area contributed by atoms with Gasteiger partial charge in [0.2, 0.25) is 0 Å². The number of aliphatic hydroxyl groups is 1. The van der Waals surface area contributed by atoms with Gasteiger partial charge in [0.15, 0.2) is 0 Å². The first-order chi connectivity index (χ1) is 20.0. The van der Waals surface area contributed by atoms with Crippen molar-refractivity contribution in [2.75, 3.05) is 13.7 Å². The van der Waals surface area contributed by atoms with Crippen molar-refractivity contribution < 1.29 is 29.3 Å². The van der Waals surface area contributed by atoms with E-state index in [1.54, 1.807) is 27.0 Å². The summed E-state index contributed by atoms with van der Waals surface area (Å²) in [6.07, 6.45) is -1.27.